The normalized spacial score (nSPS) is 11.6. The number of rotatable bonds is 7. The van der Waals surface area contributed by atoms with Crippen LogP contribution in [0.5, 0.6) is 5.75 Å². The molecular weight excluding hydrogens is 248 g/mol. The lowest BCUT2D eigenvalue weighted by molar-refractivity contribution is 0.318. The minimum absolute atomic E-state index is 0.135. The van der Waals surface area contributed by atoms with Gasteiger partial charge in [-0.15, -0.1) is 11.8 Å². The summed E-state index contributed by atoms with van der Waals surface area (Å²) in [7, 11) is 1.63. The Hall–Kier alpha value is -1.36. The summed E-state index contributed by atoms with van der Waals surface area (Å²) in [5, 5.41) is 11.8. The SMILES string of the molecule is CCCCCSc1cc(OC)ccc1/C(N)=N/O. The molecular formula is C13H20N2O2S. The molecule has 100 valence electrons. The zero-order chi connectivity index (χ0) is 13.4. The van der Waals surface area contributed by atoms with Crippen LogP contribution in [0.1, 0.15) is 31.7 Å². The van der Waals surface area contributed by atoms with E-state index in [1.165, 1.54) is 12.8 Å². The Bertz CT molecular complexity index is 408. The van der Waals surface area contributed by atoms with E-state index in [-0.39, 0.29) is 5.84 Å². The predicted octanol–water partition coefficient (Wildman–Crippen LogP) is 3.07. The van der Waals surface area contributed by atoms with Gasteiger partial charge in [0, 0.05) is 10.5 Å². The molecule has 0 heterocycles. The summed E-state index contributed by atoms with van der Waals surface area (Å²) in [6.45, 7) is 2.18. The maximum Gasteiger partial charge on any atom is 0.171 e. The van der Waals surface area contributed by atoms with Crippen LogP contribution < -0.4 is 10.5 Å². The number of nitrogens with two attached hydrogens (primary N) is 1. The van der Waals surface area contributed by atoms with Gasteiger partial charge in [0.15, 0.2) is 5.84 Å². The van der Waals surface area contributed by atoms with Crippen LogP contribution in [-0.4, -0.2) is 23.9 Å². The summed E-state index contributed by atoms with van der Waals surface area (Å²) in [6.07, 6.45) is 3.58. The smallest absolute Gasteiger partial charge is 0.171 e. The molecule has 1 rings (SSSR count). The molecule has 0 aliphatic rings. The summed E-state index contributed by atoms with van der Waals surface area (Å²) in [5.74, 6) is 1.94. The van der Waals surface area contributed by atoms with Crippen LogP contribution in [0, 0.1) is 0 Å². The van der Waals surface area contributed by atoms with Crippen molar-refractivity contribution in [2.75, 3.05) is 12.9 Å². The molecule has 0 bridgehead atoms. The van der Waals surface area contributed by atoms with Gasteiger partial charge in [-0.05, 0) is 30.4 Å². The summed E-state index contributed by atoms with van der Waals surface area (Å²) in [6, 6.07) is 5.55. The molecule has 18 heavy (non-hydrogen) atoms. The van der Waals surface area contributed by atoms with E-state index in [1.807, 2.05) is 18.2 Å². The molecule has 1 aromatic carbocycles. The molecule has 0 amide bonds. The monoisotopic (exact) mass is 268 g/mol. The third-order valence-corrected chi connectivity index (χ3v) is 3.72. The number of hydrogen-bond acceptors (Lipinski definition) is 4. The molecule has 4 nitrogen and oxygen atoms in total. The summed E-state index contributed by atoms with van der Waals surface area (Å²) in [4.78, 5) is 0.987. The molecule has 0 saturated carbocycles. The molecule has 0 aliphatic heterocycles. The topological polar surface area (TPSA) is 67.8 Å². The van der Waals surface area contributed by atoms with Gasteiger partial charge >= 0.3 is 0 Å². The third kappa shape index (κ3) is 4.14. The van der Waals surface area contributed by atoms with Gasteiger partial charge in [-0.3, -0.25) is 0 Å². The molecule has 0 fully saturated rings. The average Bonchev–Trinajstić information content (AvgIpc) is 2.42. The fourth-order valence-corrected chi connectivity index (χ4v) is 2.64. The highest BCUT2D eigenvalue weighted by Gasteiger charge is 2.09. The number of hydrogen-bond donors (Lipinski definition) is 2. The molecule has 5 heteroatoms. The van der Waals surface area contributed by atoms with Gasteiger partial charge in [-0.1, -0.05) is 24.9 Å². The second-order valence-corrected chi connectivity index (χ2v) is 5.04. The number of amidine groups is 1. The molecule has 0 atom stereocenters. The zero-order valence-corrected chi connectivity index (χ0v) is 11.7. The fraction of sp³-hybridized carbons (Fsp3) is 0.462. The van der Waals surface area contributed by atoms with Crippen molar-refractivity contribution in [1.82, 2.24) is 0 Å². The first-order valence-electron chi connectivity index (χ1n) is 6.01. The Morgan fingerprint density at radius 2 is 2.22 bits per heavy atom. The average molecular weight is 268 g/mol. The van der Waals surface area contributed by atoms with Crippen LogP contribution in [0.15, 0.2) is 28.3 Å². The van der Waals surface area contributed by atoms with Gasteiger partial charge in [-0.25, -0.2) is 0 Å². The lowest BCUT2D eigenvalue weighted by Crippen LogP contribution is -2.14. The lowest BCUT2D eigenvalue weighted by atomic mass is 10.2. The minimum Gasteiger partial charge on any atom is -0.497 e. The van der Waals surface area contributed by atoms with Gasteiger partial charge in [0.1, 0.15) is 5.75 Å². The van der Waals surface area contributed by atoms with Crippen molar-refractivity contribution in [2.45, 2.75) is 31.1 Å². The number of oxime groups is 1. The molecule has 0 aromatic heterocycles. The molecule has 0 radical (unpaired) electrons. The minimum atomic E-state index is 0.135. The van der Waals surface area contributed by atoms with Crippen molar-refractivity contribution in [3.8, 4) is 5.75 Å². The van der Waals surface area contributed by atoms with Gasteiger partial charge < -0.3 is 15.7 Å². The van der Waals surface area contributed by atoms with Crippen molar-refractivity contribution in [3.63, 3.8) is 0 Å². The Labute approximate surface area is 112 Å². The first-order chi connectivity index (χ1) is 8.72. The number of nitrogens with zero attached hydrogens (tertiary/aromatic N) is 1. The van der Waals surface area contributed by atoms with E-state index in [0.717, 1.165) is 28.4 Å². The van der Waals surface area contributed by atoms with Crippen LogP contribution >= 0.6 is 11.8 Å². The standard InChI is InChI=1S/C13H20N2O2S/c1-3-4-5-8-18-12-9-10(17-2)6-7-11(12)13(14)15-16/h6-7,9,16H,3-5,8H2,1-2H3,(H2,14,15). The number of benzene rings is 1. The Kier molecular flexibility index (Phi) is 6.43. The second kappa shape index (κ2) is 7.87. The van der Waals surface area contributed by atoms with Crippen molar-refractivity contribution >= 4 is 17.6 Å². The van der Waals surface area contributed by atoms with Gasteiger partial charge in [0.2, 0.25) is 0 Å². The molecule has 0 aliphatic carbocycles. The van der Waals surface area contributed by atoms with Crippen molar-refractivity contribution in [1.29, 1.82) is 0 Å². The Morgan fingerprint density at radius 1 is 1.44 bits per heavy atom. The zero-order valence-electron chi connectivity index (χ0n) is 10.8. The summed E-state index contributed by atoms with van der Waals surface area (Å²) < 4.78 is 5.19. The van der Waals surface area contributed by atoms with E-state index in [4.69, 9.17) is 15.7 Å². The van der Waals surface area contributed by atoms with Crippen molar-refractivity contribution < 1.29 is 9.94 Å². The highest BCUT2D eigenvalue weighted by atomic mass is 32.2. The van der Waals surface area contributed by atoms with E-state index in [2.05, 4.69) is 12.1 Å². The third-order valence-electron chi connectivity index (χ3n) is 2.58. The number of ether oxygens (including phenoxy) is 1. The van der Waals surface area contributed by atoms with Gasteiger partial charge in [0.05, 0.1) is 7.11 Å². The number of unbranched alkanes of at least 4 members (excludes halogenated alkanes) is 2. The van der Waals surface area contributed by atoms with Crippen molar-refractivity contribution in [2.24, 2.45) is 10.9 Å². The lowest BCUT2D eigenvalue weighted by Gasteiger charge is -2.10. The first kappa shape index (κ1) is 14.7. The quantitative estimate of drug-likeness (QED) is 0.199. The van der Waals surface area contributed by atoms with E-state index in [0.29, 0.717) is 0 Å². The summed E-state index contributed by atoms with van der Waals surface area (Å²) >= 11 is 1.71. The molecule has 0 unspecified atom stereocenters. The predicted molar refractivity (Wildman–Crippen MR) is 75.8 cm³/mol. The van der Waals surface area contributed by atoms with Gasteiger partial charge in [0.25, 0.3) is 0 Å². The highest BCUT2D eigenvalue weighted by Crippen LogP contribution is 2.28. The van der Waals surface area contributed by atoms with Crippen LogP contribution in [0.2, 0.25) is 0 Å². The Balaban J connectivity index is 2.83. The Morgan fingerprint density at radius 3 is 2.83 bits per heavy atom. The van der Waals surface area contributed by atoms with Crippen LogP contribution in [0.4, 0.5) is 0 Å². The molecule has 0 spiro atoms. The fourth-order valence-electron chi connectivity index (χ4n) is 1.55. The van der Waals surface area contributed by atoms with Crippen LogP contribution in [0.3, 0.4) is 0 Å². The molecule has 3 N–H and O–H groups in total. The van der Waals surface area contributed by atoms with Crippen LogP contribution in [0.25, 0.3) is 0 Å². The number of methoxy groups -OCH3 is 1. The maximum atomic E-state index is 8.77. The number of thioether (sulfide) groups is 1. The van der Waals surface area contributed by atoms with Crippen LogP contribution in [-0.2, 0) is 0 Å². The van der Waals surface area contributed by atoms with E-state index >= 15 is 0 Å². The molecule has 1 aromatic rings. The van der Waals surface area contributed by atoms with E-state index in [9.17, 15) is 0 Å². The summed E-state index contributed by atoms with van der Waals surface area (Å²) in [5.41, 5.74) is 6.41. The highest BCUT2D eigenvalue weighted by molar-refractivity contribution is 7.99. The molecule has 0 saturated heterocycles. The largest absolute Gasteiger partial charge is 0.497 e. The second-order valence-electron chi connectivity index (χ2n) is 3.90. The van der Waals surface area contributed by atoms with Gasteiger partial charge in [-0.2, -0.15) is 0 Å². The van der Waals surface area contributed by atoms with E-state index < -0.39 is 0 Å². The van der Waals surface area contributed by atoms with E-state index in [1.54, 1.807) is 18.9 Å². The van der Waals surface area contributed by atoms with Crippen molar-refractivity contribution in [3.05, 3.63) is 23.8 Å². The maximum absolute atomic E-state index is 8.77. The first-order valence-corrected chi connectivity index (χ1v) is 7.00.